The number of hydrogen-bond acceptors (Lipinski definition) is 2. The zero-order valence-electron chi connectivity index (χ0n) is 10.9. The molecular weight excluding hydrogens is 312 g/mol. The standard InChI is InChI=1S/C13H17BrN2O3/c1-8-4-3-5-10(12(8)14)16-13(19)15-9(2)6-7-11(17)18/h3-5,9H,6-7H2,1-2H3,(H,17,18)(H2,15,16,19). The molecule has 0 bridgehead atoms. The van der Waals surface area contributed by atoms with Crippen molar-refractivity contribution in [3.63, 3.8) is 0 Å². The van der Waals surface area contributed by atoms with Crippen LogP contribution in [-0.2, 0) is 4.79 Å². The number of carbonyl (C=O) groups is 2. The van der Waals surface area contributed by atoms with E-state index in [1.165, 1.54) is 0 Å². The van der Waals surface area contributed by atoms with E-state index >= 15 is 0 Å². The lowest BCUT2D eigenvalue weighted by Crippen LogP contribution is -2.36. The van der Waals surface area contributed by atoms with Crippen LogP contribution < -0.4 is 10.6 Å². The van der Waals surface area contributed by atoms with Gasteiger partial charge in [0.05, 0.1) is 5.69 Å². The zero-order valence-corrected chi connectivity index (χ0v) is 12.5. The zero-order chi connectivity index (χ0) is 14.4. The highest BCUT2D eigenvalue weighted by atomic mass is 79.9. The van der Waals surface area contributed by atoms with E-state index in [2.05, 4.69) is 26.6 Å². The van der Waals surface area contributed by atoms with Crippen molar-refractivity contribution in [2.24, 2.45) is 0 Å². The first-order valence-corrected chi connectivity index (χ1v) is 6.74. The van der Waals surface area contributed by atoms with E-state index in [0.29, 0.717) is 12.1 Å². The number of carboxylic acid groups (broad SMARTS) is 1. The number of aryl methyl sites for hydroxylation is 1. The molecule has 1 aromatic rings. The Morgan fingerprint density at radius 1 is 1.42 bits per heavy atom. The van der Waals surface area contributed by atoms with Crippen molar-refractivity contribution >= 4 is 33.6 Å². The largest absolute Gasteiger partial charge is 0.481 e. The molecule has 0 radical (unpaired) electrons. The lowest BCUT2D eigenvalue weighted by atomic mass is 10.2. The number of nitrogens with one attached hydrogen (secondary N) is 2. The smallest absolute Gasteiger partial charge is 0.319 e. The summed E-state index contributed by atoms with van der Waals surface area (Å²) in [5.74, 6) is -0.865. The average Bonchev–Trinajstić information content (AvgIpc) is 2.32. The number of halogens is 1. The monoisotopic (exact) mass is 328 g/mol. The highest BCUT2D eigenvalue weighted by molar-refractivity contribution is 9.10. The quantitative estimate of drug-likeness (QED) is 0.776. The number of rotatable bonds is 5. The fourth-order valence-electron chi connectivity index (χ4n) is 1.54. The lowest BCUT2D eigenvalue weighted by molar-refractivity contribution is -0.137. The summed E-state index contributed by atoms with van der Waals surface area (Å²) in [7, 11) is 0. The van der Waals surface area contributed by atoms with E-state index in [4.69, 9.17) is 5.11 Å². The normalized spacial score (nSPS) is 11.7. The second kappa shape index (κ2) is 7.13. The van der Waals surface area contributed by atoms with Crippen molar-refractivity contribution in [2.45, 2.75) is 32.7 Å². The molecule has 19 heavy (non-hydrogen) atoms. The Morgan fingerprint density at radius 3 is 2.74 bits per heavy atom. The summed E-state index contributed by atoms with van der Waals surface area (Å²) in [6.07, 6.45) is 0.438. The number of anilines is 1. The van der Waals surface area contributed by atoms with Gasteiger partial charge in [-0.25, -0.2) is 4.79 Å². The van der Waals surface area contributed by atoms with Crippen LogP contribution in [0.1, 0.15) is 25.3 Å². The van der Waals surface area contributed by atoms with Gasteiger partial charge in [0, 0.05) is 16.9 Å². The summed E-state index contributed by atoms with van der Waals surface area (Å²) < 4.78 is 0.836. The molecule has 0 spiro atoms. The fraction of sp³-hybridized carbons (Fsp3) is 0.385. The number of hydrogen-bond donors (Lipinski definition) is 3. The molecule has 104 valence electrons. The first-order chi connectivity index (χ1) is 8.90. The number of aliphatic carboxylic acids is 1. The van der Waals surface area contributed by atoms with Gasteiger partial charge in [-0.2, -0.15) is 0 Å². The van der Waals surface area contributed by atoms with E-state index in [-0.39, 0.29) is 18.5 Å². The number of carbonyl (C=O) groups excluding carboxylic acids is 1. The van der Waals surface area contributed by atoms with Crippen LogP contribution >= 0.6 is 15.9 Å². The molecule has 0 aliphatic heterocycles. The Kier molecular flexibility index (Phi) is 5.82. The summed E-state index contributed by atoms with van der Waals surface area (Å²) >= 11 is 3.40. The summed E-state index contributed by atoms with van der Waals surface area (Å²) in [4.78, 5) is 22.2. The van der Waals surface area contributed by atoms with Gasteiger partial charge in [0.25, 0.3) is 0 Å². The van der Waals surface area contributed by atoms with E-state index in [1.54, 1.807) is 13.0 Å². The summed E-state index contributed by atoms with van der Waals surface area (Å²) in [5.41, 5.74) is 1.71. The predicted octanol–water partition coefficient (Wildman–Crippen LogP) is 3.13. The summed E-state index contributed by atoms with van der Waals surface area (Å²) in [5, 5.41) is 14.0. The molecular formula is C13H17BrN2O3. The molecule has 1 aromatic carbocycles. The molecule has 1 atom stereocenters. The predicted molar refractivity (Wildman–Crippen MR) is 77.4 cm³/mol. The SMILES string of the molecule is Cc1cccc(NC(=O)NC(C)CCC(=O)O)c1Br. The molecule has 0 heterocycles. The van der Waals surface area contributed by atoms with Crippen LogP contribution in [0.3, 0.4) is 0 Å². The van der Waals surface area contributed by atoms with Crippen LogP contribution in [0.4, 0.5) is 10.5 Å². The maximum Gasteiger partial charge on any atom is 0.319 e. The summed E-state index contributed by atoms with van der Waals surface area (Å²) in [6.45, 7) is 3.70. The molecule has 6 heteroatoms. The van der Waals surface area contributed by atoms with E-state index in [0.717, 1.165) is 10.0 Å². The Bertz CT molecular complexity index is 477. The first kappa shape index (κ1) is 15.5. The van der Waals surface area contributed by atoms with Gasteiger partial charge in [-0.1, -0.05) is 12.1 Å². The van der Waals surface area contributed by atoms with Crippen molar-refractivity contribution in [3.8, 4) is 0 Å². The molecule has 5 nitrogen and oxygen atoms in total. The Balaban J connectivity index is 2.51. The maximum atomic E-state index is 11.7. The minimum absolute atomic E-state index is 0.0373. The Labute approximate surface area is 120 Å². The number of carboxylic acids is 1. The van der Waals surface area contributed by atoms with E-state index in [1.807, 2.05) is 19.1 Å². The van der Waals surface area contributed by atoms with Crippen LogP contribution in [0.15, 0.2) is 22.7 Å². The van der Waals surface area contributed by atoms with Gasteiger partial charge < -0.3 is 15.7 Å². The lowest BCUT2D eigenvalue weighted by Gasteiger charge is -2.15. The van der Waals surface area contributed by atoms with Crippen molar-refractivity contribution in [1.29, 1.82) is 0 Å². The maximum absolute atomic E-state index is 11.7. The minimum Gasteiger partial charge on any atom is -0.481 e. The van der Waals surface area contributed by atoms with Crippen LogP contribution in [0, 0.1) is 6.92 Å². The Morgan fingerprint density at radius 2 is 2.11 bits per heavy atom. The van der Waals surface area contributed by atoms with Gasteiger partial charge in [0.2, 0.25) is 0 Å². The van der Waals surface area contributed by atoms with Crippen molar-refractivity contribution in [1.82, 2.24) is 5.32 Å². The molecule has 3 N–H and O–H groups in total. The van der Waals surface area contributed by atoms with Gasteiger partial charge in [0.1, 0.15) is 0 Å². The third-order valence-corrected chi connectivity index (χ3v) is 3.66. The topological polar surface area (TPSA) is 78.4 Å². The molecule has 0 saturated carbocycles. The highest BCUT2D eigenvalue weighted by Gasteiger charge is 2.11. The van der Waals surface area contributed by atoms with Gasteiger partial charge in [-0.3, -0.25) is 4.79 Å². The van der Waals surface area contributed by atoms with Gasteiger partial charge in [-0.15, -0.1) is 0 Å². The molecule has 0 aromatic heterocycles. The molecule has 0 aliphatic carbocycles. The first-order valence-electron chi connectivity index (χ1n) is 5.94. The van der Waals surface area contributed by atoms with Crippen LogP contribution in [-0.4, -0.2) is 23.1 Å². The van der Waals surface area contributed by atoms with Gasteiger partial charge in [0.15, 0.2) is 0 Å². The van der Waals surface area contributed by atoms with Gasteiger partial charge >= 0.3 is 12.0 Å². The molecule has 1 rings (SSSR count). The second-order valence-corrected chi connectivity index (χ2v) is 5.16. The number of benzene rings is 1. The van der Waals surface area contributed by atoms with Crippen LogP contribution in [0.5, 0.6) is 0 Å². The average molecular weight is 329 g/mol. The third-order valence-electron chi connectivity index (χ3n) is 2.61. The molecule has 0 saturated heterocycles. The summed E-state index contributed by atoms with van der Waals surface area (Å²) in [6, 6.07) is 5.04. The Hall–Kier alpha value is -1.56. The molecule has 1 unspecified atom stereocenters. The molecule has 2 amide bonds. The number of urea groups is 1. The number of amides is 2. The van der Waals surface area contributed by atoms with Crippen molar-refractivity contribution in [3.05, 3.63) is 28.2 Å². The van der Waals surface area contributed by atoms with Crippen LogP contribution in [0.2, 0.25) is 0 Å². The van der Waals surface area contributed by atoms with Gasteiger partial charge in [-0.05, 0) is 47.8 Å². The fourth-order valence-corrected chi connectivity index (χ4v) is 1.90. The van der Waals surface area contributed by atoms with E-state index < -0.39 is 5.97 Å². The second-order valence-electron chi connectivity index (χ2n) is 4.37. The molecule has 0 fully saturated rings. The van der Waals surface area contributed by atoms with Crippen LogP contribution in [0.25, 0.3) is 0 Å². The van der Waals surface area contributed by atoms with Crippen molar-refractivity contribution < 1.29 is 14.7 Å². The van der Waals surface area contributed by atoms with E-state index in [9.17, 15) is 9.59 Å². The minimum atomic E-state index is -0.865. The third kappa shape index (κ3) is 5.30. The molecule has 0 aliphatic rings. The highest BCUT2D eigenvalue weighted by Crippen LogP contribution is 2.25. The van der Waals surface area contributed by atoms with Crippen molar-refractivity contribution in [2.75, 3.05) is 5.32 Å².